The second kappa shape index (κ2) is 11.8. The Morgan fingerprint density at radius 1 is 0.730 bits per heavy atom. The molecule has 1 saturated carbocycles. The first-order chi connectivity index (χ1) is 17.5. The first-order valence-corrected chi connectivity index (χ1v) is 12.5. The molecule has 0 spiro atoms. The smallest absolute Gasteiger partial charge is 0.179 e. The molecule has 0 aromatic heterocycles. The van der Waals surface area contributed by atoms with Crippen LogP contribution in [0.3, 0.4) is 0 Å². The molecule has 0 aromatic carbocycles. The van der Waals surface area contributed by atoms with Crippen molar-refractivity contribution in [2.24, 2.45) is 28.7 Å². The highest BCUT2D eigenvalue weighted by atomic mass is 16.8. The van der Waals surface area contributed by atoms with Crippen molar-refractivity contribution in [1.29, 1.82) is 0 Å². The van der Waals surface area contributed by atoms with Gasteiger partial charge in [-0.2, -0.15) is 0 Å². The molecule has 4 fully saturated rings. The van der Waals surface area contributed by atoms with Crippen molar-refractivity contribution in [1.82, 2.24) is 5.32 Å². The van der Waals surface area contributed by atoms with E-state index in [1.54, 1.807) is 7.05 Å². The predicted molar refractivity (Wildman–Crippen MR) is 125 cm³/mol. The Morgan fingerprint density at radius 3 is 2.08 bits per heavy atom. The van der Waals surface area contributed by atoms with Crippen molar-refractivity contribution in [3.63, 3.8) is 0 Å². The summed E-state index contributed by atoms with van der Waals surface area (Å²) in [7, 11) is 1.58. The molecule has 3 aliphatic heterocycles. The fourth-order valence-electron chi connectivity index (χ4n) is 5.51. The van der Waals surface area contributed by atoms with Crippen LogP contribution in [0.5, 0.6) is 0 Å². The summed E-state index contributed by atoms with van der Waals surface area (Å²) >= 11 is 0. The SMILES string of the molecule is CNC1C(O[C@H]2OC(CO)[C@@H](N)C(O)C2N)O[C@H]2CC(N)[C@@H](O[C@@H]3C(N)C[C@@H](N)C(O)[C@H]3O)OC2C1O. The molecule has 0 amide bonds. The van der Waals surface area contributed by atoms with E-state index in [9.17, 15) is 25.5 Å². The van der Waals surface area contributed by atoms with Gasteiger partial charge in [-0.05, 0) is 19.9 Å². The largest absolute Gasteiger partial charge is 0.394 e. The van der Waals surface area contributed by atoms with Crippen LogP contribution in [-0.2, 0) is 23.7 Å². The maximum absolute atomic E-state index is 11.2. The molecule has 0 bridgehead atoms. The molecule has 0 aromatic rings. The molecule has 37 heavy (non-hydrogen) atoms. The van der Waals surface area contributed by atoms with Gasteiger partial charge >= 0.3 is 0 Å². The van der Waals surface area contributed by atoms with Crippen LogP contribution in [-0.4, -0.2) is 143 Å². The highest BCUT2D eigenvalue weighted by Gasteiger charge is 2.54. The monoisotopic (exact) mass is 538 g/mol. The van der Waals surface area contributed by atoms with Gasteiger partial charge < -0.3 is 83.2 Å². The lowest BCUT2D eigenvalue weighted by atomic mass is 9.84. The van der Waals surface area contributed by atoms with Crippen LogP contribution < -0.4 is 34.0 Å². The molecule has 16 heteroatoms. The van der Waals surface area contributed by atoms with Gasteiger partial charge in [-0.1, -0.05) is 0 Å². The van der Waals surface area contributed by atoms with Crippen molar-refractivity contribution >= 4 is 0 Å². The number of ether oxygens (including phenoxy) is 5. The van der Waals surface area contributed by atoms with Crippen LogP contribution >= 0.6 is 0 Å². The quantitative estimate of drug-likeness (QED) is 0.150. The minimum absolute atomic E-state index is 0.188. The molecule has 216 valence electrons. The Labute approximate surface area is 214 Å². The number of rotatable bonds is 6. The van der Waals surface area contributed by atoms with Gasteiger partial charge in [-0.3, -0.25) is 0 Å². The maximum atomic E-state index is 11.2. The maximum Gasteiger partial charge on any atom is 0.179 e. The zero-order chi connectivity index (χ0) is 27.2. The summed E-state index contributed by atoms with van der Waals surface area (Å²) in [6.45, 7) is -0.453. The Kier molecular flexibility index (Phi) is 9.40. The van der Waals surface area contributed by atoms with Crippen LogP contribution in [0.15, 0.2) is 0 Å². The summed E-state index contributed by atoms with van der Waals surface area (Å²) < 4.78 is 29.5. The average Bonchev–Trinajstić information content (AvgIpc) is 2.86. The van der Waals surface area contributed by atoms with Gasteiger partial charge in [0.05, 0.1) is 49.1 Å². The highest BCUT2D eigenvalue weighted by molar-refractivity contribution is 5.02. The number of hydrogen-bond acceptors (Lipinski definition) is 16. The molecule has 3 saturated heterocycles. The minimum atomic E-state index is -1.34. The fraction of sp³-hybridized carbons (Fsp3) is 1.00. The fourth-order valence-corrected chi connectivity index (χ4v) is 5.51. The van der Waals surface area contributed by atoms with E-state index >= 15 is 0 Å². The van der Waals surface area contributed by atoms with E-state index in [0.29, 0.717) is 0 Å². The molecule has 0 radical (unpaired) electrons. The number of likely N-dealkylation sites (N-methyl/N-ethyl adjacent to an activating group) is 1. The van der Waals surface area contributed by atoms with E-state index in [-0.39, 0.29) is 12.8 Å². The van der Waals surface area contributed by atoms with Gasteiger partial charge in [-0.25, -0.2) is 0 Å². The van der Waals surface area contributed by atoms with Crippen LogP contribution in [0.2, 0.25) is 0 Å². The third kappa shape index (κ3) is 5.66. The molecule has 1 aliphatic carbocycles. The van der Waals surface area contributed by atoms with Crippen molar-refractivity contribution in [2.75, 3.05) is 13.7 Å². The van der Waals surface area contributed by atoms with Crippen molar-refractivity contribution in [3.05, 3.63) is 0 Å². The highest BCUT2D eigenvalue weighted by Crippen LogP contribution is 2.35. The Bertz CT molecular complexity index is 757. The lowest BCUT2D eigenvalue weighted by Crippen LogP contribution is -2.71. The Balaban J connectivity index is 1.43. The molecule has 10 unspecified atom stereocenters. The van der Waals surface area contributed by atoms with Gasteiger partial charge in [-0.15, -0.1) is 0 Å². The van der Waals surface area contributed by atoms with Gasteiger partial charge in [0.2, 0.25) is 0 Å². The zero-order valence-electron chi connectivity index (χ0n) is 20.6. The van der Waals surface area contributed by atoms with Crippen molar-refractivity contribution < 1.29 is 49.2 Å². The topological polar surface area (TPSA) is 289 Å². The Morgan fingerprint density at radius 2 is 1.43 bits per heavy atom. The normalized spacial score (nSPS) is 55.1. The molecule has 16 N–H and O–H groups in total. The third-order valence-electron chi connectivity index (χ3n) is 7.82. The first kappa shape index (κ1) is 29.3. The van der Waals surface area contributed by atoms with Crippen LogP contribution in [0.25, 0.3) is 0 Å². The lowest BCUT2D eigenvalue weighted by molar-refractivity contribution is -0.363. The van der Waals surface area contributed by atoms with E-state index in [0.717, 1.165) is 0 Å². The first-order valence-electron chi connectivity index (χ1n) is 12.5. The molecule has 4 aliphatic rings. The molecule has 16 nitrogen and oxygen atoms in total. The van der Waals surface area contributed by atoms with Crippen LogP contribution in [0, 0.1) is 0 Å². The number of nitrogens with two attached hydrogens (primary N) is 5. The summed E-state index contributed by atoms with van der Waals surface area (Å²) in [4.78, 5) is 0. The van der Waals surface area contributed by atoms with E-state index in [1.807, 2.05) is 0 Å². The number of nitrogens with one attached hydrogen (secondary N) is 1. The predicted octanol–water partition coefficient (Wildman–Crippen LogP) is -6.98. The number of hydrogen-bond donors (Lipinski definition) is 11. The lowest BCUT2D eigenvalue weighted by Gasteiger charge is -2.51. The van der Waals surface area contributed by atoms with E-state index < -0.39 is 111 Å². The third-order valence-corrected chi connectivity index (χ3v) is 7.82. The summed E-state index contributed by atoms with van der Waals surface area (Å²) in [5.74, 6) is 0. The van der Waals surface area contributed by atoms with Gasteiger partial charge in [0.15, 0.2) is 18.9 Å². The summed E-state index contributed by atoms with van der Waals surface area (Å²) in [6, 6.07) is -4.86. The van der Waals surface area contributed by atoms with Gasteiger partial charge in [0, 0.05) is 12.1 Å². The van der Waals surface area contributed by atoms with E-state index in [2.05, 4.69) is 5.32 Å². The number of aliphatic hydroxyl groups excluding tert-OH is 5. The average molecular weight is 539 g/mol. The standard InChI is InChI=1S/C21H42N6O10/c1-27-12-15(31)18-8(33-21(12)37-20-11(26)14(30)10(25)9(4-28)34-20)3-7(24)19(36-18)35-17-6(23)2-5(22)13(29)16(17)32/h5-21,27-32H,2-4,22-26H2,1H3/t5-,6?,7?,8+,9?,10-,11?,12?,13?,14?,15?,16-,17-,18?,19+,20-,21?/m1/s1. The summed E-state index contributed by atoms with van der Waals surface area (Å²) in [5.41, 5.74) is 30.1. The van der Waals surface area contributed by atoms with E-state index in [1.165, 1.54) is 0 Å². The van der Waals surface area contributed by atoms with Crippen molar-refractivity contribution in [2.45, 2.75) is 117 Å². The van der Waals surface area contributed by atoms with Gasteiger partial charge in [0.1, 0.15) is 30.5 Å². The van der Waals surface area contributed by atoms with Crippen molar-refractivity contribution in [3.8, 4) is 0 Å². The number of aliphatic hydroxyl groups is 5. The van der Waals surface area contributed by atoms with Crippen LogP contribution in [0.1, 0.15) is 12.8 Å². The van der Waals surface area contributed by atoms with Gasteiger partial charge in [0.25, 0.3) is 0 Å². The summed E-state index contributed by atoms with van der Waals surface area (Å²) in [6.07, 6.45) is -11.4. The van der Waals surface area contributed by atoms with E-state index in [4.69, 9.17) is 52.4 Å². The zero-order valence-corrected chi connectivity index (χ0v) is 20.6. The Hall–Kier alpha value is -0.640. The second-order valence-corrected chi connectivity index (χ2v) is 10.4. The van der Waals surface area contributed by atoms with Crippen LogP contribution in [0.4, 0.5) is 0 Å². The molecular weight excluding hydrogens is 496 g/mol. The molecular formula is C21H42N6O10. The summed E-state index contributed by atoms with van der Waals surface area (Å²) in [5, 5.41) is 54.6. The molecule has 17 atom stereocenters. The second-order valence-electron chi connectivity index (χ2n) is 10.4. The number of fused-ring (bicyclic) bond motifs is 1. The minimum Gasteiger partial charge on any atom is -0.394 e. The molecule has 3 heterocycles. The molecule has 4 rings (SSSR count).